The van der Waals surface area contributed by atoms with Crippen LogP contribution in [0, 0.1) is 0 Å². The average molecular weight is 427 g/mol. The van der Waals surface area contributed by atoms with Gasteiger partial charge in [-0.25, -0.2) is 0 Å². The van der Waals surface area contributed by atoms with Gasteiger partial charge in [0.05, 0.1) is 11.4 Å². The molecule has 2 heteroatoms. The van der Waals surface area contributed by atoms with Gasteiger partial charge in [-0.05, 0) is 46.5 Å². The van der Waals surface area contributed by atoms with Crippen LogP contribution >= 0.6 is 0 Å². The normalized spacial score (nSPS) is 10.7. The highest BCUT2D eigenvalue weighted by molar-refractivity contribution is 6.02. The molecule has 160 valence electrons. The molecule has 0 fully saturated rings. The van der Waals surface area contributed by atoms with Gasteiger partial charge in [-0.1, -0.05) is 104 Å². The molecule has 0 aliphatic rings. The Morgan fingerprint density at radius 1 is 0.636 bits per heavy atom. The molecule has 1 N–H and O–H groups in total. The van der Waals surface area contributed by atoms with Gasteiger partial charge < -0.3 is 10.2 Å². The van der Waals surface area contributed by atoms with E-state index < -0.39 is 0 Å². The second-order valence-corrected chi connectivity index (χ2v) is 8.09. The molecule has 5 aromatic carbocycles. The molecule has 0 atom stereocenters. The van der Waals surface area contributed by atoms with Crippen molar-refractivity contribution in [3.05, 3.63) is 128 Å². The number of anilines is 3. The van der Waals surface area contributed by atoms with Crippen molar-refractivity contribution in [1.82, 2.24) is 0 Å². The lowest BCUT2D eigenvalue weighted by atomic mass is 9.97. The van der Waals surface area contributed by atoms with Gasteiger partial charge >= 0.3 is 0 Å². The third kappa shape index (κ3) is 4.11. The molecule has 0 heterocycles. The van der Waals surface area contributed by atoms with Crippen molar-refractivity contribution in [2.24, 2.45) is 0 Å². The monoisotopic (exact) mass is 426 g/mol. The number of benzene rings is 5. The average Bonchev–Trinajstić information content (AvgIpc) is 2.89. The molecule has 0 saturated carbocycles. The van der Waals surface area contributed by atoms with Crippen LogP contribution in [0.1, 0.15) is 0 Å². The summed E-state index contributed by atoms with van der Waals surface area (Å²) in [6, 6.07) is 40.5. The van der Waals surface area contributed by atoms with Crippen LogP contribution in [0.15, 0.2) is 128 Å². The molecule has 5 rings (SSSR count). The van der Waals surface area contributed by atoms with E-state index in [9.17, 15) is 0 Å². The Morgan fingerprint density at radius 3 is 2.00 bits per heavy atom. The van der Waals surface area contributed by atoms with E-state index in [1.165, 1.54) is 27.5 Å². The topological polar surface area (TPSA) is 15.3 Å². The van der Waals surface area contributed by atoms with Gasteiger partial charge in [-0.3, -0.25) is 0 Å². The molecule has 0 bridgehead atoms. The van der Waals surface area contributed by atoms with Crippen LogP contribution in [-0.2, 0) is 0 Å². The summed E-state index contributed by atoms with van der Waals surface area (Å²) in [6.07, 6.45) is 1.85. The predicted octanol–water partition coefficient (Wildman–Crippen LogP) is 8.50. The number of hydrogen-bond acceptors (Lipinski definition) is 2. The fraction of sp³-hybridized carbons (Fsp3) is 0.0323. The Labute approximate surface area is 195 Å². The molecule has 2 nitrogen and oxygen atoms in total. The highest BCUT2D eigenvalue weighted by atomic mass is 15.1. The first-order valence-corrected chi connectivity index (χ1v) is 11.1. The molecule has 0 unspecified atom stereocenters. The van der Waals surface area contributed by atoms with Crippen LogP contribution in [0.2, 0.25) is 0 Å². The second-order valence-electron chi connectivity index (χ2n) is 8.09. The molecule has 0 amide bonds. The number of rotatable bonds is 6. The molecule has 0 spiro atoms. The van der Waals surface area contributed by atoms with E-state index >= 15 is 0 Å². The Balaban J connectivity index is 1.66. The summed E-state index contributed by atoms with van der Waals surface area (Å²) in [6.45, 7) is 4.00. The van der Waals surface area contributed by atoms with Crippen molar-refractivity contribution in [2.75, 3.05) is 17.3 Å². The third-order valence-corrected chi connectivity index (χ3v) is 6.01. The first-order valence-electron chi connectivity index (χ1n) is 11.1. The van der Waals surface area contributed by atoms with Gasteiger partial charge in [0.15, 0.2) is 0 Å². The SMILES string of the molecule is C=CN(C)c1c(Nc2ccc(-c3ccccc3)cc2-c2ccccc2)ccc2ccccc12. The van der Waals surface area contributed by atoms with E-state index in [0.29, 0.717) is 0 Å². The molecule has 0 aliphatic carbocycles. The zero-order valence-electron chi connectivity index (χ0n) is 18.7. The van der Waals surface area contributed by atoms with Crippen molar-refractivity contribution in [2.45, 2.75) is 0 Å². The summed E-state index contributed by atoms with van der Waals surface area (Å²) in [5.41, 5.74) is 7.96. The first-order chi connectivity index (χ1) is 16.2. The van der Waals surface area contributed by atoms with Gasteiger partial charge in [0.2, 0.25) is 0 Å². The fourth-order valence-corrected chi connectivity index (χ4v) is 4.29. The molecular formula is C31H26N2. The van der Waals surface area contributed by atoms with Crippen LogP contribution in [0.25, 0.3) is 33.0 Å². The molecule has 0 radical (unpaired) electrons. The summed E-state index contributed by atoms with van der Waals surface area (Å²) < 4.78 is 0. The summed E-state index contributed by atoms with van der Waals surface area (Å²) in [5, 5.41) is 6.13. The Kier molecular flexibility index (Phi) is 5.65. The van der Waals surface area contributed by atoms with E-state index in [1.807, 2.05) is 13.2 Å². The maximum Gasteiger partial charge on any atom is 0.0722 e. The lowest BCUT2D eigenvalue weighted by molar-refractivity contribution is 1.22. The zero-order valence-corrected chi connectivity index (χ0v) is 18.7. The largest absolute Gasteiger partial charge is 0.353 e. The molecule has 0 aliphatic heterocycles. The van der Waals surface area contributed by atoms with Gasteiger partial charge in [0, 0.05) is 23.7 Å². The Morgan fingerprint density at radius 2 is 1.27 bits per heavy atom. The van der Waals surface area contributed by atoms with Gasteiger partial charge in [0.25, 0.3) is 0 Å². The van der Waals surface area contributed by atoms with Gasteiger partial charge in [0.1, 0.15) is 0 Å². The fourth-order valence-electron chi connectivity index (χ4n) is 4.29. The lowest BCUT2D eigenvalue weighted by Crippen LogP contribution is -2.10. The van der Waals surface area contributed by atoms with Crippen LogP contribution in [0.3, 0.4) is 0 Å². The van der Waals surface area contributed by atoms with E-state index in [0.717, 1.165) is 22.6 Å². The number of hydrogen-bond donors (Lipinski definition) is 1. The summed E-state index contributed by atoms with van der Waals surface area (Å²) >= 11 is 0. The minimum Gasteiger partial charge on any atom is -0.353 e. The van der Waals surface area contributed by atoms with Crippen molar-refractivity contribution >= 4 is 27.8 Å². The maximum absolute atomic E-state index is 4.00. The number of nitrogens with zero attached hydrogens (tertiary/aromatic N) is 1. The Bertz CT molecular complexity index is 1410. The highest BCUT2D eigenvalue weighted by Gasteiger charge is 2.14. The van der Waals surface area contributed by atoms with Gasteiger partial charge in [-0.15, -0.1) is 0 Å². The highest BCUT2D eigenvalue weighted by Crippen LogP contribution is 2.39. The number of nitrogens with one attached hydrogen (secondary N) is 1. The van der Waals surface area contributed by atoms with E-state index in [1.54, 1.807) is 0 Å². The molecule has 0 aromatic heterocycles. The molecule has 0 saturated heterocycles. The summed E-state index contributed by atoms with van der Waals surface area (Å²) in [5.74, 6) is 0. The van der Waals surface area contributed by atoms with Crippen molar-refractivity contribution < 1.29 is 0 Å². The minimum atomic E-state index is 1.04. The number of fused-ring (bicyclic) bond motifs is 1. The standard InChI is InChI=1S/C31H26N2/c1-3-33(2)31-27-17-11-10-16-25(27)18-21-30(31)32-29-20-19-26(23-12-6-4-7-13-23)22-28(29)24-14-8-5-9-15-24/h3-22,32H,1H2,2H3. The third-order valence-electron chi connectivity index (χ3n) is 6.01. The quantitative estimate of drug-likeness (QED) is 0.293. The molecule has 33 heavy (non-hydrogen) atoms. The van der Waals surface area contributed by atoms with Crippen molar-refractivity contribution in [3.63, 3.8) is 0 Å². The Hall–Kier alpha value is -4.30. The van der Waals surface area contributed by atoms with Crippen molar-refractivity contribution in [1.29, 1.82) is 0 Å². The molecular weight excluding hydrogens is 400 g/mol. The van der Waals surface area contributed by atoms with Crippen LogP contribution < -0.4 is 10.2 Å². The van der Waals surface area contributed by atoms with Crippen LogP contribution in [0.4, 0.5) is 17.1 Å². The second kappa shape index (κ2) is 9.05. The van der Waals surface area contributed by atoms with Gasteiger partial charge in [-0.2, -0.15) is 0 Å². The van der Waals surface area contributed by atoms with E-state index in [-0.39, 0.29) is 0 Å². The maximum atomic E-state index is 4.00. The first kappa shape index (κ1) is 20.6. The van der Waals surface area contributed by atoms with Crippen LogP contribution in [0.5, 0.6) is 0 Å². The van der Waals surface area contributed by atoms with Crippen molar-refractivity contribution in [3.8, 4) is 22.3 Å². The van der Waals surface area contributed by atoms with E-state index in [4.69, 9.17) is 0 Å². The zero-order chi connectivity index (χ0) is 22.6. The summed E-state index contributed by atoms with van der Waals surface area (Å²) in [4.78, 5) is 2.07. The summed E-state index contributed by atoms with van der Waals surface area (Å²) in [7, 11) is 2.04. The van der Waals surface area contributed by atoms with E-state index in [2.05, 4.69) is 132 Å². The van der Waals surface area contributed by atoms with Crippen LogP contribution in [-0.4, -0.2) is 7.05 Å². The predicted molar refractivity (Wildman–Crippen MR) is 143 cm³/mol. The smallest absolute Gasteiger partial charge is 0.0722 e. The molecule has 5 aromatic rings. The lowest BCUT2D eigenvalue weighted by Gasteiger charge is -2.23. The minimum absolute atomic E-state index is 1.04.